The molecule has 0 radical (unpaired) electrons. The first kappa shape index (κ1) is 23.6. The molecule has 3 saturated carbocycles. The lowest BCUT2D eigenvalue weighted by Crippen LogP contribution is -2.52. The predicted octanol–water partition coefficient (Wildman–Crippen LogP) is 8.23. The van der Waals surface area contributed by atoms with Crippen molar-refractivity contribution < 1.29 is 4.43 Å². The Balaban J connectivity index is 1.53. The Bertz CT molecular complexity index is 767. The molecule has 0 N–H and O–H groups in total. The lowest BCUT2D eigenvalue weighted by molar-refractivity contribution is -0.0527. The molecule has 8 atom stereocenters. The first-order valence-corrected chi connectivity index (χ1v) is 16.1. The van der Waals surface area contributed by atoms with E-state index in [9.17, 15) is 0 Å². The second-order valence-electron chi connectivity index (χ2n) is 13.7. The van der Waals surface area contributed by atoms with Gasteiger partial charge in [-0.3, -0.25) is 0 Å². The summed E-state index contributed by atoms with van der Waals surface area (Å²) in [5.74, 6) is 6.89. The van der Waals surface area contributed by atoms with E-state index in [2.05, 4.69) is 66.6 Å². The molecule has 0 spiro atoms. The predicted molar refractivity (Wildman–Crippen MR) is 135 cm³/mol. The van der Waals surface area contributed by atoms with Crippen molar-refractivity contribution in [1.82, 2.24) is 0 Å². The fraction of sp³-hybridized carbons (Fsp3) is 0.862. The minimum atomic E-state index is -1.70. The molecule has 0 aliphatic heterocycles. The van der Waals surface area contributed by atoms with Crippen LogP contribution in [0.2, 0.25) is 18.1 Å². The molecule has 31 heavy (non-hydrogen) atoms. The SMILES string of the molecule is C#C[C@H](C)[C@H]1CC[C@H]2[C@@H]3CC=C4C[C@@H](O[Si](C)(C)C(C)(C)C)CC[C@]4(C)[C@H]3CC[C@]12C. The third-order valence-corrected chi connectivity index (χ3v) is 15.8. The quantitative estimate of drug-likeness (QED) is 0.244. The number of allylic oxidation sites excluding steroid dienone is 1. The normalized spacial score (nSPS) is 43.8. The Hall–Kier alpha value is -0.523. The van der Waals surface area contributed by atoms with Gasteiger partial charge in [-0.05, 0) is 104 Å². The number of terminal acetylenes is 1. The molecule has 0 bridgehead atoms. The molecule has 2 heteroatoms. The van der Waals surface area contributed by atoms with Gasteiger partial charge in [-0.15, -0.1) is 12.3 Å². The fourth-order valence-corrected chi connectivity index (χ4v) is 9.69. The zero-order valence-electron chi connectivity index (χ0n) is 21.7. The van der Waals surface area contributed by atoms with Crippen molar-refractivity contribution in [2.75, 3.05) is 0 Å². The molecule has 174 valence electrons. The molecule has 4 aliphatic carbocycles. The Morgan fingerprint density at radius 3 is 2.45 bits per heavy atom. The highest BCUT2D eigenvalue weighted by Gasteiger charge is 2.59. The van der Waals surface area contributed by atoms with E-state index in [1.54, 1.807) is 5.57 Å². The number of hydrogen-bond donors (Lipinski definition) is 0. The minimum absolute atomic E-state index is 0.294. The molecule has 4 aliphatic rings. The minimum Gasteiger partial charge on any atom is -0.414 e. The van der Waals surface area contributed by atoms with Crippen LogP contribution in [0.15, 0.2) is 11.6 Å². The zero-order chi connectivity index (χ0) is 22.8. The van der Waals surface area contributed by atoms with Crippen LogP contribution in [-0.2, 0) is 4.43 Å². The third kappa shape index (κ3) is 3.71. The van der Waals surface area contributed by atoms with E-state index in [0.29, 0.717) is 27.9 Å². The molecule has 0 unspecified atom stereocenters. The molecule has 1 nitrogen and oxygen atoms in total. The van der Waals surface area contributed by atoms with Gasteiger partial charge < -0.3 is 4.43 Å². The van der Waals surface area contributed by atoms with Gasteiger partial charge >= 0.3 is 0 Å². The van der Waals surface area contributed by atoms with Crippen molar-refractivity contribution >= 4 is 8.32 Å². The molecular weight excluding hydrogens is 392 g/mol. The van der Waals surface area contributed by atoms with Crippen LogP contribution in [-0.4, -0.2) is 14.4 Å². The molecule has 0 aromatic carbocycles. The standard InChI is InChI=1S/C29H48OSi/c1-10-20(2)24-13-14-25-23-12-11-21-19-22(30-31(8,9)27(3,4)5)15-17-28(21,6)26(23)16-18-29(24,25)7/h1,11,20,22-26H,12-19H2,2-9H3/t20-,22-,23-,24+,25-,26-,28-,29+/m0/s1. The van der Waals surface area contributed by atoms with E-state index in [0.717, 1.165) is 23.7 Å². The molecule has 4 rings (SSSR count). The van der Waals surface area contributed by atoms with Crippen LogP contribution in [0.1, 0.15) is 92.9 Å². The van der Waals surface area contributed by atoms with Crippen LogP contribution >= 0.6 is 0 Å². The maximum Gasteiger partial charge on any atom is 0.192 e. The Morgan fingerprint density at radius 2 is 1.81 bits per heavy atom. The lowest BCUT2D eigenvalue weighted by Gasteiger charge is -2.58. The van der Waals surface area contributed by atoms with Gasteiger partial charge in [0.1, 0.15) is 0 Å². The zero-order valence-corrected chi connectivity index (χ0v) is 22.7. The number of hydrogen-bond acceptors (Lipinski definition) is 1. The van der Waals surface area contributed by atoms with Gasteiger partial charge in [-0.25, -0.2) is 0 Å². The van der Waals surface area contributed by atoms with E-state index < -0.39 is 8.32 Å². The van der Waals surface area contributed by atoms with E-state index in [4.69, 9.17) is 10.8 Å². The van der Waals surface area contributed by atoms with E-state index in [1.165, 1.54) is 51.4 Å². The Kier molecular flexibility index (Phi) is 5.92. The van der Waals surface area contributed by atoms with Gasteiger partial charge in [-0.1, -0.05) is 53.2 Å². The summed E-state index contributed by atoms with van der Waals surface area (Å²) in [6.07, 6.45) is 19.6. The average molecular weight is 441 g/mol. The highest BCUT2D eigenvalue weighted by atomic mass is 28.4. The number of rotatable bonds is 3. The number of fused-ring (bicyclic) bond motifs is 5. The maximum atomic E-state index is 6.89. The Morgan fingerprint density at radius 1 is 1.10 bits per heavy atom. The molecule has 0 aromatic rings. The van der Waals surface area contributed by atoms with Crippen molar-refractivity contribution in [2.45, 2.75) is 117 Å². The van der Waals surface area contributed by atoms with Crippen molar-refractivity contribution in [3.05, 3.63) is 11.6 Å². The van der Waals surface area contributed by atoms with E-state index in [-0.39, 0.29) is 0 Å². The molecular formula is C29H48OSi. The topological polar surface area (TPSA) is 9.23 Å². The Labute approximate surface area is 194 Å². The summed E-state index contributed by atoms with van der Waals surface area (Å²) in [5, 5.41) is 0.294. The van der Waals surface area contributed by atoms with Crippen molar-refractivity contribution in [2.24, 2.45) is 40.4 Å². The molecule has 0 amide bonds. The monoisotopic (exact) mass is 440 g/mol. The summed E-state index contributed by atoms with van der Waals surface area (Å²) in [6.45, 7) is 19.5. The van der Waals surface area contributed by atoms with E-state index in [1.807, 2.05) is 0 Å². The van der Waals surface area contributed by atoms with Gasteiger partial charge in [0.15, 0.2) is 8.32 Å². The van der Waals surface area contributed by atoms with Crippen LogP contribution in [0.25, 0.3) is 0 Å². The average Bonchev–Trinajstić information content (AvgIpc) is 3.04. The smallest absolute Gasteiger partial charge is 0.192 e. The van der Waals surface area contributed by atoms with Crippen molar-refractivity contribution in [1.29, 1.82) is 0 Å². The first-order chi connectivity index (χ1) is 14.3. The van der Waals surface area contributed by atoms with Crippen molar-refractivity contribution in [3.8, 4) is 12.3 Å². The lowest BCUT2D eigenvalue weighted by atomic mass is 9.47. The highest BCUT2D eigenvalue weighted by molar-refractivity contribution is 6.74. The van der Waals surface area contributed by atoms with Crippen molar-refractivity contribution in [3.63, 3.8) is 0 Å². The third-order valence-electron chi connectivity index (χ3n) is 11.3. The summed E-state index contributed by atoms with van der Waals surface area (Å²) < 4.78 is 6.89. The molecule has 0 aromatic heterocycles. The van der Waals surface area contributed by atoms with Crippen LogP contribution in [0.5, 0.6) is 0 Å². The van der Waals surface area contributed by atoms with Crippen LogP contribution in [0.4, 0.5) is 0 Å². The van der Waals surface area contributed by atoms with Gasteiger partial charge in [0.05, 0.1) is 0 Å². The van der Waals surface area contributed by atoms with Crippen LogP contribution in [0, 0.1) is 52.8 Å². The fourth-order valence-electron chi connectivity index (χ4n) is 8.30. The van der Waals surface area contributed by atoms with Gasteiger partial charge in [-0.2, -0.15) is 0 Å². The second-order valence-corrected chi connectivity index (χ2v) is 18.4. The van der Waals surface area contributed by atoms with Crippen LogP contribution < -0.4 is 0 Å². The highest BCUT2D eigenvalue weighted by Crippen LogP contribution is 2.67. The van der Waals surface area contributed by atoms with Gasteiger partial charge in [0, 0.05) is 12.0 Å². The maximum absolute atomic E-state index is 6.89. The van der Waals surface area contributed by atoms with Gasteiger partial charge in [0.2, 0.25) is 0 Å². The molecule has 0 heterocycles. The van der Waals surface area contributed by atoms with Gasteiger partial charge in [0.25, 0.3) is 0 Å². The summed E-state index contributed by atoms with van der Waals surface area (Å²) in [4.78, 5) is 0. The molecule has 0 saturated heterocycles. The second kappa shape index (κ2) is 7.77. The summed E-state index contributed by atoms with van der Waals surface area (Å²) in [5.41, 5.74) is 2.63. The summed E-state index contributed by atoms with van der Waals surface area (Å²) in [7, 11) is -1.70. The molecule has 3 fully saturated rings. The first-order valence-electron chi connectivity index (χ1n) is 13.2. The van der Waals surface area contributed by atoms with Crippen LogP contribution in [0.3, 0.4) is 0 Å². The largest absolute Gasteiger partial charge is 0.414 e. The van der Waals surface area contributed by atoms with E-state index >= 15 is 0 Å². The summed E-state index contributed by atoms with van der Waals surface area (Å²) >= 11 is 0. The summed E-state index contributed by atoms with van der Waals surface area (Å²) in [6, 6.07) is 0.